The van der Waals surface area contributed by atoms with Crippen LogP contribution in [-0.4, -0.2) is 25.8 Å². The SMILES string of the molecule is Nn1cnc(C(=O)c2ccccc2O)n1. The molecule has 0 aliphatic carbocycles. The van der Waals surface area contributed by atoms with Gasteiger partial charge in [0.1, 0.15) is 12.1 Å². The second-order valence-electron chi connectivity index (χ2n) is 2.89. The Labute approximate surface area is 84.9 Å². The highest BCUT2D eigenvalue weighted by atomic mass is 16.3. The Bertz CT molecular complexity index is 506. The van der Waals surface area contributed by atoms with Gasteiger partial charge in [-0.2, -0.15) is 4.79 Å². The predicted octanol–water partition coefficient (Wildman–Crippen LogP) is -0.0715. The zero-order valence-corrected chi connectivity index (χ0v) is 7.66. The maximum absolute atomic E-state index is 11.7. The fourth-order valence-corrected chi connectivity index (χ4v) is 1.16. The smallest absolute Gasteiger partial charge is 0.235 e. The van der Waals surface area contributed by atoms with Crippen LogP contribution in [0.15, 0.2) is 30.6 Å². The first-order valence-electron chi connectivity index (χ1n) is 4.18. The van der Waals surface area contributed by atoms with Gasteiger partial charge in [0.15, 0.2) is 0 Å². The van der Waals surface area contributed by atoms with Gasteiger partial charge in [-0.05, 0) is 12.1 Å². The van der Waals surface area contributed by atoms with Gasteiger partial charge in [-0.15, -0.1) is 5.10 Å². The number of rotatable bonds is 2. The van der Waals surface area contributed by atoms with Gasteiger partial charge in [0.2, 0.25) is 11.6 Å². The Morgan fingerprint density at radius 2 is 2.13 bits per heavy atom. The maximum atomic E-state index is 11.7. The molecule has 1 heterocycles. The molecular formula is C9H8N4O2. The summed E-state index contributed by atoms with van der Waals surface area (Å²) >= 11 is 0. The van der Waals surface area contributed by atoms with Crippen LogP contribution in [0.4, 0.5) is 0 Å². The maximum Gasteiger partial charge on any atom is 0.235 e. The molecule has 0 unspecified atom stereocenters. The van der Waals surface area contributed by atoms with Crippen LogP contribution >= 0.6 is 0 Å². The Balaban J connectivity index is 2.41. The number of benzene rings is 1. The molecule has 0 saturated heterocycles. The molecule has 76 valence electrons. The summed E-state index contributed by atoms with van der Waals surface area (Å²) in [5.74, 6) is 4.66. The molecule has 0 aliphatic heterocycles. The first-order chi connectivity index (χ1) is 7.18. The summed E-state index contributed by atoms with van der Waals surface area (Å²) in [6, 6.07) is 6.19. The predicted molar refractivity (Wildman–Crippen MR) is 51.7 cm³/mol. The van der Waals surface area contributed by atoms with Gasteiger partial charge in [-0.3, -0.25) is 4.79 Å². The molecule has 1 aromatic heterocycles. The molecule has 0 bridgehead atoms. The fraction of sp³-hybridized carbons (Fsp3) is 0. The lowest BCUT2D eigenvalue weighted by Crippen LogP contribution is -2.11. The fourth-order valence-electron chi connectivity index (χ4n) is 1.16. The summed E-state index contributed by atoms with van der Waals surface area (Å²) in [5, 5.41) is 13.1. The molecule has 0 saturated carbocycles. The van der Waals surface area contributed by atoms with Crippen molar-refractivity contribution in [2.75, 3.05) is 5.84 Å². The van der Waals surface area contributed by atoms with Crippen LogP contribution in [-0.2, 0) is 0 Å². The number of ketones is 1. The molecule has 0 amide bonds. The van der Waals surface area contributed by atoms with E-state index in [-0.39, 0.29) is 17.1 Å². The Hall–Kier alpha value is -2.37. The van der Waals surface area contributed by atoms with Gasteiger partial charge < -0.3 is 10.9 Å². The Kier molecular flexibility index (Phi) is 2.09. The van der Waals surface area contributed by atoms with Gasteiger partial charge in [0.05, 0.1) is 5.56 Å². The summed E-state index contributed by atoms with van der Waals surface area (Å²) in [6.45, 7) is 0. The monoisotopic (exact) mass is 204 g/mol. The summed E-state index contributed by atoms with van der Waals surface area (Å²) in [5.41, 5.74) is 0.156. The molecule has 15 heavy (non-hydrogen) atoms. The number of hydrogen-bond acceptors (Lipinski definition) is 5. The molecule has 0 radical (unpaired) electrons. The molecule has 0 aliphatic rings. The third-order valence-electron chi connectivity index (χ3n) is 1.86. The van der Waals surface area contributed by atoms with E-state index in [0.29, 0.717) is 0 Å². The van der Waals surface area contributed by atoms with E-state index in [1.807, 2.05) is 0 Å². The van der Waals surface area contributed by atoms with Crippen LogP contribution in [0, 0.1) is 0 Å². The molecule has 1 aromatic carbocycles. The van der Waals surface area contributed by atoms with E-state index in [2.05, 4.69) is 10.1 Å². The van der Waals surface area contributed by atoms with Gasteiger partial charge in [0.25, 0.3) is 0 Å². The van der Waals surface area contributed by atoms with Crippen molar-refractivity contribution in [1.82, 2.24) is 14.9 Å². The largest absolute Gasteiger partial charge is 0.507 e. The van der Waals surface area contributed by atoms with Crippen molar-refractivity contribution in [3.05, 3.63) is 42.0 Å². The molecule has 3 N–H and O–H groups in total. The molecule has 0 atom stereocenters. The minimum absolute atomic E-state index is 0.0426. The average Bonchev–Trinajstić information content (AvgIpc) is 2.65. The number of carbonyl (C=O) groups is 1. The van der Waals surface area contributed by atoms with E-state index < -0.39 is 5.78 Å². The molecule has 0 fully saturated rings. The van der Waals surface area contributed by atoms with Crippen molar-refractivity contribution in [3.63, 3.8) is 0 Å². The van der Waals surface area contributed by atoms with Crippen molar-refractivity contribution >= 4 is 5.78 Å². The highest BCUT2D eigenvalue weighted by Gasteiger charge is 2.16. The number of phenols is 1. The third kappa shape index (κ3) is 1.64. The number of nitrogens with two attached hydrogens (primary N) is 1. The van der Waals surface area contributed by atoms with Gasteiger partial charge in [0, 0.05) is 0 Å². The van der Waals surface area contributed by atoms with Crippen molar-refractivity contribution in [2.24, 2.45) is 0 Å². The average molecular weight is 204 g/mol. The quantitative estimate of drug-likeness (QED) is 0.527. The van der Waals surface area contributed by atoms with Crippen LogP contribution in [0.2, 0.25) is 0 Å². The summed E-state index contributed by atoms with van der Waals surface area (Å²) in [6.07, 6.45) is 1.22. The first-order valence-corrected chi connectivity index (χ1v) is 4.18. The molecule has 6 heteroatoms. The van der Waals surface area contributed by atoms with E-state index in [4.69, 9.17) is 5.84 Å². The van der Waals surface area contributed by atoms with E-state index in [1.54, 1.807) is 12.1 Å². The number of phenolic OH excluding ortho intramolecular Hbond substituents is 1. The highest BCUT2D eigenvalue weighted by Crippen LogP contribution is 2.17. The normalized spacial score (nSPS) is 10.1. The van der Waals surface area contributed by atoms with Crippen LogP contribution in [0.5, 0.6) is 5.75 Å². The molecule has 2 aromatic rings. The van der Waals surface area contributed by atoms with Crippen molar-refractivity contribution in [1.29, 1.82) is 0 Å². The minimum Gasteiger partial charge on any atom is -0.507 e. The number of nitrogen functional groups attached to an aromatic ring is 1. The molecule has 2 rings (SSSR count). The van der Waals surface area contributed by atoms with Crippen molar-refractivity contribution in [3.8, 4) is 5.75 Å². The standard InChI is InChI=1S/C9H8N4O2/c10-13-5-11-9(12-13)8(15)6-3-1-2-4-7(6)14/h1-5,14H,10H2. The number of nitrogens with zero attached hydrogens (tertiary/aromatic N) is 3. The second-order valence-corrected chi connectivity index (χ2v) is 2.89. The van der Waals surface area contributed by atoms with Gasteiger partial charge >= 0.3 is 0 Å². The van der Waals surface area contributed by atoms with Crippen LogP contribution in [0.3, 0.4) is 0 Å². The van der Waals surface area contributed by atoms with E-state index in [1.165, 1.54) is 18.5 Å². The Morgan fingerprint density at radius 1 is 1.40 bits per heavy atom. The molecular weight excluding hydrogens is 196 g/mol. The zero-order valence-electron chi connectivity index (χ0n) is 7.66. The number of hydrogen-bond donors (Lipinski definition) is 2. The van der Waals surface area contributed by atoms with Crippen LogP contribution in [0.25, 0.3) is 0 Å². The van der Waals surface area contributed by atoms with Gasteiger partial charge in [-0.1, -0.05) is 12.1 Å². The number of para-hydroxylation sites is 1. The first kappa shape index (κ1) is 9.20. The highest BCUT2D eigenvalue weighted by molar-refractivity contribution is 6.08. The van der Waals surface area contributed by atoms with Gasteiger partial charge in [-0.25, -0.2) is 4.98 Å². The summed E-state index contributed by atoms with van der Waals surface area (Å²) < 4.78 is 0. The number of carbonyl (C=O) groups excluding carboxylic acids is 1. The Morgan fingerprint density at radius 3 is 2.73 bits per heavy atom. The lowest BCUT2D eigenvalue weighted by atomic mass is 10.1. The van der Waals surface area contributed by atoms with Crippen molar-refractivity contribution < 1.29 is 9.90 Å². The second kappa shape index (κ2) is 3.41. The minimum atomic E-state index is -0.461. The molecule has 6 nitrogen and oxygen atoms in total. The van der Waals surface area contributed by atoms with Crippen LogP contribution < -0.4 is 5.84 Å². The lowest BCUT2D eigenvalue weighted by Gasteiger charge is -1.98. The third-order valence-corrected chi connectivity index (χ3v) is 1.86. The summed E-state index contributed by atoms with van der Waals surface area (Å²) in [4.78, 5) is 16.4. The zero-order chi connectivity index (χ0) is 10.8. The number of aromatic nitrogens is 3. The molecule has 0 spiro atoms. The van der Waals surface area contributed by atoms with Crippen molar-refractivity contribution in [2.45, 2.75) is 0 Å². The van der Waals surface area contributed by atoms with Crippen LogP contribution in [0.1, 0.15) is 16.2 Å². The topological polar surface area (TPSA) is 94.0 Å². The number of aromatic hydroxyl groups is 1. The summed E-state index contributed by atoms with van der Waals surface area (Å²) in [7, 11) is 0. The van der Waals surface area contributed by atoms with E-state index in [0.717, 1.165) is 4.79 Å². The van der Waals surface area contributed by atoms with E-state index >= 15 is 0 Å². The lowest BCUT2D eigenvalue weighted by molar-refractivity contribution is 0.102. The van der Waals surface area contributed by atoms with E-state index in [9.17, 15) is 9.90 Å².